The maximum absolute atomic E-state index is 11.2. The zero-order valence-corrected chi connectivity index (χ0v) is 9.40. The number of Topliss-reactive ketones (excluding diaryl/α,β-unsaturated/α-hetero) is 1. The number of carbonyl (C=O) groups is 2. The second kappa shape index (κ2) is 5.85. The maximum atomic E-state index is 11.2. The average Bonchev–Trinajstić information content (AvgIpc) is 2.26. The summed E-state index contributed by atoms with van der Waals surface area (Å²) >= 11 is 0. The van der Waals surface area contributed by atoms with E-state index < -0.39 is 0 Å². The molecule has 0 aliphatic heterocycles. The molecule has 0 saturated carbocycles. The molecule has 0 bridgehead atoms. The molecule has 0 saturated heterocycles. The lowest BCUT2D eigenvalue weighted by Gasteiger charge is -1.98. The molecule has 0 aromatic heterocycles. The molecule has 16 heavy (non-hydrogen) atoms. The molecule has 1 rings (SSSR count). The van der Waals surface area contributed by atoms with Crippen molar-refractivity contribution in [2.75, 3.05) is 7.11 Å². The highest BCUT2D eigenvalue weighted by Crippen LogP contribution is 2.12. The van der Waals surface area contributed by atoms with E-state index in [-0.39, 0.29) is 18.0 Å². The normalized spacial score (nSPS) is 10.4. The van der Waals surface area contributed by atoms with Crippen LogP contribution < -0.4 is 4.74 Å². The van der Waals surface area contributed by atoms with Gasteiger partial charge in [0, 0.05) is 0 Å². The van der Waals surface area contributed by atoms with Gasteiger partial charge >= 0.3 is 0 Å². The summed E-state index contributed by atoms with van der Waals surface area (Å²) in [6.07, 6.45) is 3.07. The van der Waals surface area contributed by atoms with E-state index in [0.717, 1.165) is 11.3 Å². The first kappa shape index (κ1) is 12.2. The van der Waals surface area contributed by atoms with Gasteiger partial charge in [-0.3, -0.25) is 9.59 Å². The molecule has 0 N–H and O–H groups in total. The summed E-state index contributed by atoms with van der Waals surface area (Å²) in [7, 11) is 1.60. The Balaban J connectivity index is 2.62. The molecule has 0 atom stereocenters. The van der Waals surface area contributed by atoms with Gasteiger partial charge in [0.25, 0.3) is 0 Å². The van der Waals surface area contributed by atoms with Crippen LogP contribution in [-0.2, 0) is 9.59 Å². The Kier molecular flexibility index (Phi) is 4.45. The third-order valence-electron chi connectivity index (χ3n) is 2.00. The highest BCUT2D eigenvalue weighted by Gasteiger charge is 2.00. The topological polar surface area (TPSA) is 43.4 Å². The molecule has 1 aromatic rings. The average molecular weight is 218 g/mol. The van der Waals surface area contributed by atoms with E-state index in [1.807, 2.05) is 24.3 Å². The highest BCUT2D eigenvalue weighted by atomic mass is 16.5. The summed E-state index contributed by atoms with van der Waals surface area (Å²) in [6.45, 7) is 1.40. The van der Waals surface area contributed by atoms with E-state index in [9.17, 15) is 9.59 Å². The van der Waals surface area contributed by atoms with Crippen LogP contribution in [0.4, 0.5) is 0 Å². The van der Waals surface area contributed by atoms with Gasteiger partial charge in [0.05, 0.1) is 13.5 Å². The Morgan fingerprint density at radius 2 is 1.88 bits per heavy atom. The second-order valence-electron chi connectivity index (χ2n) is 3.45. The van der Waals surface area contributed by atoms with E-state index in [1.54, 1.807) is 13.2 Å². The van der Waals surface area contributed by atoms with Crippen molar-refractivity contribution in [1.82, 2.24) is 0 Å². The molecule has 0 aliphatic rings. The third-order valence-corrected chi connectivity index (χ3v) is 2.00. The lowest BCUT2D eigenvalue weighted by Crippen LogP contribution is -1.99. The van der Waals surface area contributed by atoms with Crippen LogP contribution >= 0.6 is 0 Å². The molecule has 84 valence electrons. The Hall–Kier alpha value is -1.90. The third kappa shape index (κ3) is 4.09. The zero-order valence-electron chi connectivity index (χ0n) is 9.40. The van der Waals surface area contributed by atoms with Crippen molar-refractivity contribution in [2.24, 2.45) is 0 Å². The van der Waals surface area contributed by atoms with Gasteiger partial charge in [-0.15, -0.1) is 0 Å². The van der Waals surface area contributed by atoms with Crippen molar-refractivity contribution >= 4 is 17.6 Å². The van der Waals surface area contributed by atoms with Gasteiger partial charge < -0.3 is 4.74 Å². The summed E-state index contributed by atoms with van der Waals surface area (Å²) in [4.78, 5) is 21.9. The van der Waals surface area contributed by atoms with Gasteiger partial charge in [0.1, 0.15) is 11.5 Å². The highest BCUT2D eigenvalue weighted by molar-refractivity contribution is 6.05. The summed E-state index contributed by atoms with van der Waals surface area (Å²) < 4.78 is 5.01. The summed E-state index contributed by atoms with van der Waals surface area (Å²) in [5.41, 5.74) is 0.901. The van der Waals surface area contributed by atoms with Crippen LogP contribution in [0.15, 0.2) is 30.3 Å². The van der Waals surface area contributed by atoms with Gasteiger partial charge in [-0.2, -0.15) is 0 Å². The molecule has 0 aliphatic carbocycles. The largest absolute Gasteiger partial charge is 0.497 e. The Morgan fingerprint density at radius 3 is 2.38 bits per heavy atom. The summed E-state index contributed by atoms with van der Waals surface area (Å²) in [5, 5.41) is 0. The van der Waals surface area contributed by atoms with Gasteiger partial charge in [-0.25, -0.2) is 0 Å². The van der Waals surface area contributed by atoms with Crippen LogP contribution in [0.1, 0.15) is 18.9 Å². The fourth-order valence-electron chi connectivity index (χ4n) is 1.21. The van der Waals surface area contributed by atoms with Crippen LogP contribution in [0.5, 0.6) is 5.75 Å². The monoisotopic (exact) mass is 218 g/mol. The lowest BCUT2D eigenvalue weighted by atomic mass is 10.1. The number of carbonyl (C=O) groups excluding carboxylic acids is 2. The number of ether oxygens (including phenoxy) is 1. The standard InChI is InChI=1S/C13H14O3/c1-10(14)9-12(15)6-3-11-4-7-13(16-2)8-5-11/h3-8H,9H2,1-2H3/b6-3+. The van der Waals surface area contributed by atoms with Crippen molar-refractivity contribution in [1.29, 1.82) is 0 Å². The van der Waals surface area contributed by atoms with Gasteiger partial charge in [0.15, 0.2) is 5.78 Å². The minimum absolute atomic E-state index is 0.0351. The number of benzene rings is 1. The van der Waals surface area contributed by atoms with E-state index in [1.165, 1.54) is 13.0 Å². The minimum Gasteiger partial charge on any atom is -0.497 e. The number of ketones is 2. The van der Waals surface area contributed by atoms with Crippen molar-refractivity contribution in [3.05, 3.63) is 35.9 Å². The van der Waals surface area contributed by atoms with Crippen LogP contribution in [0.3, 0.4) is 0 Å². The van der Waals surface area contributed by atoms with E-state index in [4.69, 9.17) is 4.74 Å². The quantitative estimate of drug-likeness (QED) is 0.562. The molecular formula is C13H14O3. The van der Waals surface area contributed by atoms with Crippen molar-refractivity contribution in [2.45, 2.75) is 13.3 Å². The predicted molar refractivity (Wildman–Crippen MR) is 62.3 cm³/mol. The first-order valence-corrected chi connectivity index (χ1v) is 4.96. The molecule has 1 aromatic carbocycles. The van der Waals surface area contributed by atoms with Gasteiger partial charge in [-0.1, -0.05) is 18.2 Å². The first-order chi connectivity index (χ1) is 7.61. The fourth-order valence-corrected chi connectivity index (χ4v) is 1.21. The van der Waals surface area contributed by atoms with Crippen molar-refractivity contribution in [3.63, 3.8) is 0 Å². The van der Waals surface area contributed by atoms with Gasteiger partial charge in [-0.05, 0) is 30.7 Å². The van der Waals surface area contributed by atoms with E-state index in [2.05, 4.69) is 0 Å². The molecule has 0 heterocycles. The van der Waals surface area contributed by atoms with Crippen LogP contribution in [0, 0.1) is 0 Å². The number of rotatable bonds is 5. The molecule has 3 nitrogen and oxygen atoms in total. The molecule has 0 amide bonds. The fraction of sp³-hybridized carbons (Fsp3) is 0.231. The van der Waals surface area contributed by atoms with E-state index in [0.29, 0.717) is 0 Å². The molecule has 0 unspecified atom stereocenters. The second-order valence-corrected chi connectivity index (χ2v) is 3.45. The number of hydrogen-bond acceptors (Lipinski definition) is 3. The van der Waals surface area contributed by atoms with Crippen LogP contribution in [0.25, 0.3) is 6.08 Å². The van der Waals surface area contributed by atoms with Crippen molar-refractivity contribution in [3.8, 4) is 5.75 Å². The van der Waals surface area contributed by atoms with Crippen molar-refractivity contribution < 1.29 is 14.3 Å². The molecule has 0 spiro atoms. The first-order valence-electron chi connectivity index (χ1n) is 4.96. The maximum Gasteiger partial charge on any atom is 0.163 e. The zero-order chi connectivity index (χ0) is 12.0. The Morgan fingerprint density at radius 1 is 1.25 bits per heavy atom. The molecule has 0 radical (unpaired) electrons. The molecular weight excluding hydrogens is 204 g/mol. The number of allylic oxidation sites excluding steroid dienone is 1. The lowest BCUT2D eigenvalue weighted by molar-refractivity contribution is -0.123. The van der Waals surface area contributed by atoms with Crippen LogP contribution in [0.2, 0.25) is 0 Å². The van der Waals surface area contributed by atoms with E-state index >= 15 is 0 Å². The molecule has 3 heteroatoms. The number of hydrogen-bond donors (Lipinski definition) is 0. The predicted octanol–water partition coefficient (Wildman–Crippen LogP) is 2.26. The smallest absolute Gasteiger partial charge is 0.163 e. The Bertz CT molecular complexity index is 402. The molecule has 0 fully saturated rings. The minimum atomic E-state index is -0.177. The van der Waals surface area contributed by atoms with Gasteiger partial charge in [0.2, 0.25) is 0 Å². The summed E-state index contributed by atoms with van der Waals surface area (Å²) in [5.74, 6) is 0.472. The summed E-state index contributed by atoms with van der Waals surface area (Å²) in [6, 6.07) is 7.32. The Labute approximate surface area is 94.7 Å². The number of methoxy groups -OCH3 is 1. The van der Waals surface area contributed by atoms with Crippen LogP contribution in [-0.4, -0.2) is 18.7 Å². The SMILES string of the molecule is COc1ccc(/C=C/C(=O)CC(C)=O)cc1.